The Balaban J connectivity index is 2.95. The van der Waals surface area contributed by atoms with Crippen LogP contribution in [0.1, 0.15) is 38.8 Å². The molecule has 0 aromatic heterocycles. The molecule has 0 aliphatic heterocycles. The Bertz CT molecular complexity index is 445. The van der Waals surface area contributed by atoms with E-state index in [0.29, 0.717) is 12.1 Å². The maximum Gasteiger partial charge on any atom is 0.304 e. The largest absolute Gasteiger partial charge is 0.508 e. The third-order valence-electron chi connectivity index (χ3n) is 3.21. The SMILES string of the molecule is CC(C)N(CCC(=O)O)C(C)c1cc(O)ccc1O. The summed E-state index contributed by atoms with van der Waals surface area (Å²) in [5, 5.41) is 28.1. The van der Waals surface area contributed by atoms with Gasteiger partial charge in [-0.2, -0.15) is 0 Å². The lowest BCUT2D eigenvalue weighted by atomic mass is 10.0. The van der Waals surface area contributed by atoms with E-state index >= 15 is 0 Å². The van der Waals surface area contributed by atoms with Gasteiger partial charge in [-0.3, -0.25) is 9.69 Å². The molecule has 0 amide bonds. The molecule has 1 aromatic rings. The van der Waals surface area contributed by atoms with Gasteiger partial charge in [0.05, 0.1) is 6.42 Å². The molecule has 106 valence electrons. The highest BCUT2D eigenvalue weighted by molar-refractivity contribution is 5.66. The Morgan fingerprint density at radius 1 is 1.26 bits per heavy atom. The molecule has 0 radical (unpaired) electrons. The van der Waals surface area contributed by atoms with Crippen LogP contribution in [-0.2, 0) is 4.79 Å². The van der Waals surface area contributed by atoms with Crippen molar-refractivity contribution in [1.29, 1.82) is 0 Å². The predicted molar refractivity (Wildman–Crippen MR) is 72.3 cm³/mol. The van der Waals surface area contributed by atoms with Crippen LogP contribution < -0.4 is 0 Å². The number of carboxylic acid groups (broad SMARTS) is 1. The first-order chi connectivity index (χ1) is 8.82. The van der Waals surface area contributed by atoms with Gasteiger partial charge < -0.3 is 15.3 Å². The first-order valence-corrected chi connectivity index (χ1v) is 6.32. The minimum Gasteiger partial charge on any atom is -0.508 e. The van der Waals surface area contributed by atoms with E-state index in [9.17, 15) is 15.0 Å². The molecule has 1 unspecified atom stereocenters. The van der Waals surface area contributed by atoms with Crippen molar-refractivity contribution in [2.75, 3.05) is 6.54 Å². The van der Waals surface area contributed by atoms with Gasteiger partial charge in [0.25, 0.3) is 0 Å². The van der Waals surface area contributed by atoms with E-state index in [0.717, 1.165) is 0 Å². The van der Waals surface area contributed by atoms with Gasteiger partial charge >= 0.3 is 5.97 Å². The van der Waals surface area contributed by atoms with Gasteiger partial charge in [-0.05, 0) is 39.0 Å². The minimum absolute atomic E-state index is 0.0437. The van der Waals surface area contributed by atoms with Crippen LogP contribution in [0.3, 0.4) is 0 Å². The Kier molecular flexibility index (Phi) is 5.18. The van der Waals surface area contributed by atoms with Gasteiger partial charge in [0, 0.05) is 24.2 Å². The van der Waals surface area contributed by atoms with Crippen LogP contribution in [0.5, 0.6) is 11.5 Å². The molecular weight excluding hydrogens is 246 g/mol. The van der Waals surface area contributed by atoms with Crippen molar-refractivity contribution >= 4 is 5.97 Å². The van der Waals surface area contributed by atoms with Crippen molar-refractivity contribution in [3.05, 3.63) is 23.8 Å². The summed E-state index contributed by atoms with van der Waals surface area (Å²) in [5.41, 5.74) is 0.596. The number of aromatic hydroxyl groups is 2. The average molecular weight is 267 g/mol. The number of carbonyl (C=O) groups is 1. The van der Waals surface area contributed by atoms with Crippen LogP contribution in [0, 0.1) is 0 Å². The minimum atomic E-state index is -0.849. The lowest BCUT2D eigenvalue weighted by Gasteiger charge is -2.33. The number of benzene rings is 1. The summed E-state index contributed by atoms with van der Waals surface area (Å²) in [7, 11) is 0. The molecule has 5 nitrogen and oxygen atoms in total. The van der Waals surface area contributed by atoms with E-state index in [1.807, 2.05) is 25.7 Å². The fraction of sp³-hybridized carbons (Fsp3) is 0.500. The lowest BCUT2D eigenvalue weighted by Crippen LogP contribution is -2.35. The number of hydrogen-bond acceptors (Lipinski definition) is 4. The molecule has 0 heterocycles. The number of nitrogens with zero attached hydrogens (tertiary/aromatic N) is 1. The van der Waals surface area contributed by atoms with Crippen LogP contribution in [0.15, 0.2) is 18.2 Å². The molecule has 0 saturated carbocycles. The smallest absolute Gasteiger partial charge is 0.304 e. The van der Waals surface area contributed by atoms with Crippen molar-refractivity contribution in [3.8, 4) is 11.5 Å². The van der Waals surface area contributed by atoms with E-state index in [1.165, 1.54) is 18.2 Å². The van der Waals surface area contributed by atoms with Crippen molar-refractivity contribution < 1.29 is 20.1 Å². The first kappa shape index (κ1) is 15.3. The molecule has 0 bridgehead atoms. The highest BCUT2D eigenvalue weighted by atomic mass is 16.4. The molecule has 0 spiro atoms. The van der Waals surface area contributed by atoms with Gasteiger partial charge in [0.2, 0.25) is 0 Å². The summed E-state index contributed by atoms with van der Waals surface area (Å²) in [4.78, 5) is 12.7. The van der Waals surface area contributed by atoms with E-state index in [-0.39, 0.29) is 30.0 Å². The van der Waals surface area contributed by atoms with Crippen LogP contribution in [0.2, 0.25) is 0 Å². The Morgan fingerprint density at radius 2 is 1.89 bits per heavy atom. The van der Waals surface area contributed by atoms with E-state index in [2.05, 4.69) is 0 Å². The third-order valence-corrected chi connectivity index (χ3v) is 3.21. The summed E-state index contributed by atoms with van der Waals surface area (Å²) in [6.45, 7) is 6.22. The zero-order chi connectivity index (χ0) is 14.6. The molecule has 0 aliphatic carbocycles. The van der Waals surface area contributed by atoms with E-state index in [4.69, 9.17) is 5.11 Å². The monoisotopic (exact) mass is 267 g/mol. The number of carboxylic acids is 1. The molecule has 0 saturated heterocycles. The van der Waals surface area contributed by atoms with Gasteiger partial charge in [-0.25, -0.2) is 0 Å². The van der Waals surface area contributed by atoms with E-state index < -0.39 is 5.97 Å². The maximum absolute atomic E-state index is 10.7. The zero-order valence-electron chi connectivity index (χ0n) is 11.5. The summed E-state index contributed by atoms with van der Waals surface area (Å²) in [6.07, 6.45) is 0.0437. The van der Waals surface area contributed by atoms with Gasteiger partial charge in [-0.15, -0.1) is 0 Å². The summed E-state index contributed by atoms with van der Waals surface area (Å²) >= 11 is 0. The fourth-order valence-corrected chi connectivity index (χ4v) is 2.18. The Morgan fingerprint density at radius 3 is 2.42 bits per heavy atom. The molecule has 0 fully saturated rings. The highest BCUT2D eigenvalue weighted by Gasteiger charge is 2.22. The fourth-order valence-electron chi connectivity index (χ4n) is 2.18. The number of phenolic OH excluding ortho intramolecular Hbond substituents is 2. The van der Waals surface area contributed by atoms with Crippen LogP contribution in [0.25, 0.3) is 0 Å². The summed E-state index contributed by atoms with van der Waals surface area (Å²) < 4.78 is 0. The van der Waals surface area contributed by atoms with Crippen molar-refractivity contribution in [1.82, 2.24) is 4.90 Å². The maximum atomic E-state index is 10.7. The second-order valence-corrected chi connectivity index (χ2v) is 4.89. The Labute approximate surface area is 113 Å². The number of rotatable bonds is 6. The lowest BCUT2D eigenvalue weighted by molar-refractivity contribution is -0.137. The first-order valence-electron chi connectivity index (χ1n) is 6.32. The van der Waals surface area contributed by atoms with E-state index in [1.54, 1.807) is 0 Å². The number of aliphatic carboxylic acids is 1. The Hall–Kier alpha value is -1.75. The predicted octanol–water partition coefficient (Wildman–Crippen LogP) is 2.34. The molecule has 3 N–H and O–H groups in total. The topological polar surface area (TPSA) is 81.0 Å². The van der Waals surface area contributed by atoms with Crippen LogP contribution >= 0.6 is 0 Å². The summed E-state index contributed by atoms with van der Waals surface area (Å²) in [6, 6.07) is 4.33. The average Bonchev–Trinajstić information content (AvgIpc) is 2.31. The molecule has 1 rings (SSSR count). The van der Waals surface area contributed by atoms with Crippen molar-refractivity contribution in [3.63, 3.8) is 0 Å². The van der Waals surface area contributed by atoms with Crippen molar-refractivity contribution in [2.45, 2.75) is 39.3 Å². The highest BCUT2D eigenvalue weighted by Crippen LogP contribution is 2.32. The molecule has 1 atom stereocenters. The van der Waals surface area contributed by atoms with Crippen LogP contribution in [-0.4, -0.2) is 38.8 Å². The molecule has 0 aliphatic rings. The standard InChI is InChI=1S/C14H21NO4/c1-9(2)15(7-6-14(18)19)10(3)12-8-11(16)4-5-13(12)17/h4-5,8-10,16-17H,6-7H2,1-3H3,(H,18,19). The number of hydrogen-bond donors (Lipinski definition) is 3. The molecule has 5 heteroatoms. The van der Waals surface area contributed by atoms with Gasteiger partial charge in [0.1, 0.15) is 11.5 Å². The number of phenols is 2. The van der Waals surface area contributed by atoms with Gasteiger partial charge in [-0.1, -0.05) is 0 Å². The molecule has 1 aromatic carbocycles. The second-order valence-electron chi connectivity index (χ2n) is 4.89. The van der Waals surface area contributed by atoms with Gasteiger partial charge in [0.15, 0.2) is 0 Å². The summed E-state index contributed by atoms with van der Waals surface area (Å²) in [5.74, 6) is -0.661. The second kappa shape index (κ2) is 6.43. The van der Waals surface area contributed by atoms with Crippen LogP contribution in [0.4, 0.5) is 0 Å². The zero-order valence-corrected chi connectivity index (χ0v) is 11.5. The van der Waals surface area contributed by atoms with Crippen molar-refractivity contribution in [2.24, 2.45) is 0 Å². The molecular formula is C14H21NO4. The molecule has 19 heavy (non-hydrogen) atoms. The quantitative estimate of drug-likeness (QED) is 0.689. The normalized spacial score (nSPS) is 12.9. The third kappa shape index (κ3) is 4.13.